The number of rotatable bonds is 4. The topological polar surface area (TPSA) is 68.1 Å². The number of hydrogen-bond acceptors (Lipinski definition) is 4. The minimum Gasteiger partial charge on any atom is -0.340 e. The number of hydrogen-bond donors (Lipinski definition) is 0. The molecule has 140 valence electrons. The minimum atomic E-state index is -4.51. The molecule has 0 N–H and O–H groups in total. The Bertz CT molecular complexity index is 1050. The lowest BCUT2D eigenvalue weighted by Crippen LogP contribution is -2.35. The van der Waals surface area contributed by atoms with Gasteiger partial charge in [-0.2, -0.15) is 13.2 Å². The first-order chi connectivity index (χ1) is 12.8. The molecule has 0 radical (unpaired) electrons. The zero-order valence-corrected chi connectivity index (χ0v) is 14.3. The number of benzene rings is 2. The Balaban J connectivity index is 1.80. The molecule has 3 rings (SSSR count). The van der Waals surface area contributed by atoms with Crippen molar-refractivity contribution in [2.75, 3.05) is 7.05 Å². The molecule has 0 saturated heterocycles. The Kier molecular flexibility index (Phi) is 4.93. The Morgan fingerprint density at radius 1 is 1.11 bits per heavy atom. The number of nitrogens with zero attached hydrogens (tertiary/aromatic N) is 4. The van der Waals surface area contributed by atoms with Gasteiger partial charge >= 0.3 is 6.18 Å². The summed E-state index contributed by atoms with van der Waals surface area (Å²) in [6.45, 7) is -0.661. The van der Waals surface area contributed by atoms with Crippen LogP contribution in [0.3, 0.4) is 0 Å². The summed E-state index contributed by atoms with van der Waals surface area (Å²) in [7, 11) is 1.37. The van der Waals surface area contributed by atoms with E-state index in [0.29, 0.717) is 10.9 Å². The van der Waals surface area contributed by atoms with Crippen molar-refractivity contribution >= 4 is 16.8 Å². The van der Waals surface area contributed by atoms with Gasteiger partial charge in [0.1, 0.15) is 12.1 Å². The molecule has 27 heavy (non-hydrogen) atoms. The lowest BCUT2D eigenvalue weighted by molar-refractivity contribution is -0.139. The number of carbonyl (C=O) groups excluding carboxylic acids is 1. The standard InChI is InChI=1S/C18H15F3N4O2/c1-24(10-12-6-2-4-8-14(12)18(19,20)21)16(26)11-25-17(27)13-7-3-5-9-15(13)22-23-25/h2-9H,10-11H2,1H3. The molecule has 0 aliphatic rings. The third-order valence-electron chi connectivity index (χ3n) is 4.07. The van der Waals surface area contributed by atoms with Crippen LogP contribution in [0.1, 0.15) is 11.1 Å². The molecule has 0 atom stereocenters. The lowest BCUT2D eigenvalue weighted by Gasteiger charge is -2.20. The third kappa shape index (κ3) is 3.97. The van der Waals surface area contributed by atoms with Gasteiger partial charge in [0.2, 0.25) is 5.91 Å². The summed E-state index contributed by atoms with van der Waals surface area (Å²) >= 11 is 0. The normalized spacial score (nSPS) is 11.6. The van der Waals surface area contributed by atoms with Crippen LogP contribution in [-0.4, -0.2) is 32.8 Å². The molecule has 0 aliphatic carbocycles. The Labute approximate surface area is 151 Å². The zero-order chi connectivity index (χ0) is 19.6. The Morgan fingerprint density at radius 3 is 2.52 bits per heavy atom. The van der Waals surface area contributed by atoms with E-state index < -0.39 is 29.8 Å². The van der Waals surface area contributed by atoms with Crippen LogP contribution in [0.15, 0.2) is 53.3 Å². The smallest absolute Gasteiger partial charge is 0.340 e. The maximum atomic E-state index is 13.1. The number of halogens is 3. The number of likely N-dealkylation sites (N-methyl/N-ethyl adjacent to an activating group) is 1. The molecule has 0 saturated carbocycles. The van der Waals surface area contributed by atoms with E-state index in [4.69, 9.17) is 0 Å². The van der Waals surface area contributed by atoms with Crippen LogP contribution in [0.25, 0.3) is 10.9 Å². The largest absolute Gasteiger partial charge is 0.416 e. The van der Waals surface area contributed by atoms with Crippen molar-refractivity contribution in [3.8, 4) is 0 Å². The first-order valence-corrected chi connectivity index (χ1v) is 7.99. The molecule has 6 nitrogen and oxygen atoms in total. The molecular weight excluding hydrogens is 361 g/mol. The highest BCUT2D eigenvalue weighted by Crippen LogP contribution is 2.32. The second kappa shape index (κ2) is 7.18. The van der Waals surface area contributed by atoms with Crippen LogP contribution in [0, 0.1) is 0 Å². The highest BCUT2D eigenvalue weighted by molar-refractivity contribution is 5.78. The van der Waals surface area contributed by atoms with Gasteiger partial charge < -0.3 is 4.90 Å². The second-order valence-corrected chi connectivity index (χ2v) is 5.97. The van der Waals surface area contributed by atoms with Gasteiger partial charge in [0, 0.05) is 13.6 Å². The van der Waals surface area contributed by atoms with Crippen molar-refractivity contribution < 1.29 is 18.0 Å². The van der Waals surface area contributed by atoms with E-state index in [1.54, 1.807) is 24.3 Å². The number of aromatic nitrogens is 3. The number of alkyl halides is 3. The lowest BCUT2D eigenvalue weighted by atomic mass is 10.1. The summed E-state index contributed by atoms with van der Waals surface area (Å²) in [6, 6.07) is 11.6. The van der Waals surface area contributed by atoms with E-state index in [0.717, 1.165) is 15.6 Å². The third-order valence-corrected chi connectivity index (χ3v) is 4.07. The predicted molar refractivity (Wildman–Crippen MR) is 91.7 cm³/mol. The quantitative estimate of drug-likeness (QED) is 0.702. The SMILES string of the molecule is CN(Cc1ccccc1C(F)(F)F)C(=O)Cn1nnc2ccccc2c1=O. The van der Waals surface area contributed by atoms with Crippen molar-refractivity contribution in [1.29, 1.82) is 0 Å². The minimum absolute atomic E-state index is 0.0298. The van der Waals surface area contributed by atoms with Crippen molar-refractivity contribution in [3.05, 3.63) is 70.0 Å². The van der Waals surface area contributed by atoms with Gasteiger partial charge in [0.25, 0.3) is 5.56 Å². The Morgan fingerprint density at radius 2 is 1.78 bits per heavy atom. The van der Waals surface area contributed by atoms with E-state index in [9.17, 15) is 22.8 Å². The van der Waals surface area contributed by atoms with E-state index in [1.807, 2.05) is 0 Å². The summed E-state index contributed by atoms with van der Waals surface area (Å²) in [5.74, 6) is -0.557. The molecule has 0 aliphatic heterocycles. The van der Waals surface area contributed by atoms with Crippen molar-refractivity contribution in [1.82, 2.24) is 19.9 Å². The van der Waals surface area contributed by atoms with Crippen LogP contribution in [0.4, 0.5) is 13.2 Å². The second-order valence-electron chi connectivity index (χ2n) is 5.97. The van der Waals surface area contributed by atoms with Gasteiger partial charge in [0.05, 0.1) is 10.9 Å². The predicted octanol–water partition coefficient (Wildman–Crippen LogP) is 2.47. The Hall–Kier alpha value is -3.23. The van der Waals surface area contributed by atoms with E-state index in [1.165, 1.54) is 25.2 Å². The van der Waals surface area contributed by atoms with Gasteiger partial charge in [-0.1, -0.05) is 35.5 Å². The maximum Gasteiger partial charge on any atom is 0.416 e. The molecule has 3 aromatic rings. The molecule has 1 aromatic heterocycles. The molecule has 0 unspecified atom stereocenters. The molecule has 9 heteroatoms. The fraction of sp³-hybridized carbons (Fsp3) is 0.222. The van der Waals surface area contributed by atoms with E-state index in [2.05, 4.69) is 10.3 Å². The number of carbonyl (C=O) groups is 1. The first kappa shape index (κ1) is 18.6. The van der Waals surface area contributed by atoms with Crippen LogP contribution >= 0.6 is 0 Å². The molecule has 0 spiro atoms. The van der Waals surface area contributed by atoms with Crippen molar-refractivity contribution in [2.45, 2.75) is 19.3 Å². The summed E-state index contributed by atoms with van der Waals surface area (Å²) in [5, 5.41) is 7.91. The number of amides is 1. The zero-order valence-electron chi connectivity index (χ0n) is 14.3. The van der Waals surface area contributed by atoms with Gasteiger partial charge in [-0.15, -0.1) is 5.10 Å². The van der Waals surface area contributed by atoms with Crippen molar-refractivity contribution in [3.63, 3.8) is 0 Å². The van der Waals surface area contributed by atoms with Gasteiger partial charge in [0.15, 0.2) is 0 Å². The fourth-order valence-corrected chi connectivity index (χ4v) is 2.65. The summed E-state index contributed by atoms with van der Waals surface area (Å²) in [6.07, 6.45) is -4.51. The molecule has 1 amide bonds. The van der Waals surface area contributed by atoms with E-state index in [-0.39, 0.29) is 12.1 Å². The monoisotopic (exact) mass is 376 g/mol. The molecule has 0 fully saturated rings. The van der Waals surface area contributed by atoms with Gasteiger partial charge in [-0.05, 0) is 23.8 Å². The molecular formula is C18H15F3N4O2. The van der Waals surface area contributed by atoms with Gasteiger partial charge in [-0.3, -0.25) is 9.59 Å². The molecule has 0 bridgehead atoms. The van der Waals surface area contributed by atoms with Gasteiger partial charge in [-0.25, -0.2) is 4.68 Å². The highest BCUT2D eigenvalue weighted by Gasteiger charge is 2.33. The van der Waals surface area contributed by atoms with Crippen LogP contribution in [-0.2, 0) is 24.1 Å². The molecule has 2 aromatic carbocycles. The highest BCUT2D eigenvalue weighted by atomic mass is 19.4. The average Bonchev–Trinajstić information content (AvgIpc) is 2.63. The van der Waals surface area contributed by atoms with Crippen LogP contribution in [0.2, 0.25) is 0 Å². The maximum absolute atomic E-state index is 13.1. The fourth-order valence-electron chi connectivity index (χ4n) is 2.65. The summed E-state index contributed by atoms with van der Waals surface area (Å²) in [5.41, 5.74) is -0.915. The first-order valence-electron chi connectivity index (χ1n) is 7.99. The van der Waals surface area contributed by atoms with E-state index >= 15 is 0 Å². The summed E-state index contributed by atoms with van der Waals surface area (Å²) < 4.78 is 40.1. The molecule has 1 heterocycles. The van der Waals surface area contributed by atoms with Crippen molar-refractivity contribution in [2.24, 2.45) is 0 Å². The number of fused-ring (bicyclic) bond motifs is 1. The van der Waals surface area contributed by atoms with Crippen LogP contribution in [0.5, 0.6) is 0 Å². The average molecular weight is 376 g/mol. The summed E-state index contributed by atoms with van der Waals surface area (Å²) in [4.78, 5) is 25.9. The van der Waals surface area contributed by atoms with Crippen LogP contribution < -0.4 is 5.56 Å².